The van der Waals surface area contributed by atoms with Crippen molar-refractivity contribution in [1.29, 1.82) is 0 Å². The van der Waals surface area contributed by atoms with Crippen LogP contribution in [0.2, 0.25) is 0 Å². The van der Waals surface area contributed by atoms with E-state index in [0.717, 1.165) is 0 Å². The molecule has 8 heteroatoms. The van der Waals surface area contributed by atoms with Gasteiger partial charge in [-0.15, -0.1) is 0 Å². The highest BCUT2D eigenvalue weighted by Gasteiger charge is 2.13. The highest BCUT2D eigenvalue weighted by Crippen LogP contribution is 2.14. The molecule has 1 unspecified atom stereocenters. The fourth-order valence-corrected chi connectivity index (χ4v) is 1.47. The molecule has 17 heavy (non-hydrogen) atoms. The second-order valence-electron chi connectivity index (χ2n) is 3.58. The second kappa shape index (κ2) is 4.34. The smallest absolute Gasteiger partial charge is 0.246 e. The Kier molecular flexibility index (Phi) is 2.88. The molecule has 0 spiro atoms. The number of aromatic nitrogens is 4. The summed E-state index contributed by atoms with van der Waals surface area (Å²) in [5.41, 5.74) is 11.6. The van der Waals surface area contributed by atoms with E-state index in [1.54, 1.807) is 4.57 Å². The Morgan fingerprint density at radius 2 is 2.24 bits per heavy atom. The molecule has 0 saturated carbocycles. The number of imidazole rings is 1. The molecule has 0 fully saturated rings. The summed E-state index contributed by atoms with van der Waals surface area (Å²) in [6.45, 7) is 0.372. The van der Waals surface area contributed by atoms with Crippen molar-refractivity contribution in [2.75, 3.05) is 5.73 Å². The van der Waals surface area contributed by atoms with Crippen LogP contribution in [-0.4, -0.2) is 36.6 Å². The average Bonchev–Trinajstić information content (AvgIpc) is 2.70. The second-order valence-corrected chi connectivity index (χ2v) is 3.58. The van der Waals surface area contributed by atoms with Crippen LogP contribution in [0.5, 0.6) is 0 Å². The average molecular weight is 236 g/mol. The third kappa shape index (κ3) is 2.16. The van der Waals surface area contributed by atoms with Crippen molar-refractivity contribution in [3.63, 3.8) is 0 Å². The van der Waals surface area contributed by atoms with Crippen molar-refractivity contribution in [2.24, 2.45) is 5.73 Å². The van der Waals surface area contributed by atoms with Crippen LogP contribution < -0.4 is 11.5 Å². The lowest BCUT2D eigenvalue weighted by atomic mass is 10.2. The quantitative estimate of drug-likeness (QED) is 0.600. The van der Waals surface area contributed by atoms with E-state index in [1.807, 2.05) is 0 Å². The van der Waals surface area contributed by atoms with E-state index in [-0.39, 0.29) is 6.42 Å². The van der Waals surface area contributed by atoms with Crippen LogP contribution in [0, 0.1) is 0 Å². The van der Waals surface area contributed by atoms with Crippen molar-refractivity contribution < 1.29 is 9.90 Å². The summed E-state index contributed by atoms with van der Waals surface area (Å²) in [5, 5.41) is 9.29. The van der Waals surface area contributed by atoms with E-state index in [9.17, 15) is 9.90 Å². The number of carbonyl (C=O) groups is 1. The fourth-order valence-electron chi connectivity index (χ4n) is 1.47. The number of anilines is 1. The maximum atomic E-state index is 10.7. The number of fused-ring (bicyclic) bond motifs is 1. The van der Waals surface area contributed by atoms with Crippen LogP contribution in [0.15, 0.2) is 12.7 Å². The number of rotatable bonds is 4. The summed E-state index contributed by atoms with van der Waals surface area (Å²) < 4.78 is 1.68. The van der Waals surface area contributed by atoms with E-state index in [2.05, 4.69) is 15.0 Å². The van der Waals surface area contributed by atoms with Crippen LogP contribution >= 0.6 is 0 Å². The third-order valence-corrected chi connectivity index (χ3v) is 2.40. The predicted octanol–water partition coefficient (Wildman–Crippen LogP) is -1.36. The van der Waals surface area contributed by atoms with Gasteiger partial charge in [-0.05, 0) is 0 Å². The Hall–Kier alpha value is -2.22. The van der Waals surface area contributed by atoms with Gasteiger partial charge in [0, 0.05) is 13.0 Å². The van der Waals surface area contributed by atoms with Gasteiger partial charge in [-0.2, -0.15) is 0 Å². The largest absolute Gasteiger partial charge is 0.383 e. The number of carbonyl (C=O) groups excluding carboxylic acids is 1. The number of nitrogens with two attached hydrogens (primary N) is 2. The standard InChI is InChI=1S/C9H12N6O2/c10-7-6-9(13-3-12-7)15(4-14-6)2-1-5(16)8(11)17/h3-5,16H,1-2H2,(H2,11,17)(H2,10,12,13). The molecule has 0 aliphatic heterocycles. The van der Waals surface area contributed by atoms with Gasteiger partial charge in [0.15, 0.2) is 11.5 Å². The molecule has 2 aromatic rings. The van der Waals surface area contributed by atoms with Crippen molar-refractivity contribution in [2.45, 2.75) is 19.1 Å². The minimum Gasteiger partial charge on any atom is -0.383 e. The van der Waals surface area contributed by atoms with Crippen molar-refractivity contribution >= 4 is 22.9 Å². The summed E-state index contributed by atoms with van der Waals surface area (Å²) in [7, 11) is 0. The molecule has 1 atom stereocenters. The topological polar surface area (TPSA) is 133 Å². The lowest BCUT2D eigenvalue weighted by Gasteiger charge is -2.07. The third-order valence-electron chi connectivity index (χ3n) is 2.40. The number of aliphatic hydroxyl groups excluding tert-OH is 1. The Morgan fingerprint density at radius 1 is 1.47 bits per heavy atom. The van der Waals surface area contributed by atoms with Gasteiger partial charge in [0.05, 0.1) is 6.33 Å². The van der Waals surface area contributed by atoms with E-state index < -0.39 is 12.0 Å². The van der Waals surface area contributed by atoms with E-state index in [0.29, 0.717) is 23.5 Å². The summed E-state index contributed by atoms with van der Waals surface area (Å²) in [4.78, 5) is 22.6. The number of hydrogen-bond donors (Lipinski definition) is 3. The molecule has 5 N–H and O–H groups in total. The maximum Gasteiger partial charge on any atom is 0.246 e. The minimum atomic E-state index is -1.17. The molecule has 2 heterocycles. The predicted molar refractivity (Wildman–Crippen MR) is 59.6 cm³/mol. The van der Waals surface area contributed by atoms with Crippen LogP contribution in [0.3, 0.4) is 0 Å². The Balaban J connectivity index is 2.20. The molecule has 0 aliphatic carbocycles. The number of nitrogen functional groups attached to an aromatic ring is 1. The maximum absolute atomic E-state index is 10.7. The molecular weight excluding hydrogens is 224 g/mol. The summed E-state index contributed by atoms with van der Waals surface area (Å²) in [5.74, 6) is -0.451. The first-order chi connectivity index (χ1) is 8.09. The zero-order valence-corrected chi connectivity index (χ0v) is 8.95. The zero-order valence-electron chi connectivity index (χ0n) is 8.95. The summed E-state index contributed by atoms with van der Waals surface area (Å²) in [6, 6.07) is 0. The molecule has 0 radical (unpaired) electrons. The van der Waals surface area contributed by atoms with Gasteiger partial charge in [-0.25, -0.2) is 15.0 Å². The molecule has 0 aromatic carbocycles. The number of aliphatic hydroxyl groups is 1. The molecule has 2 rings (SSSR count). The van der Waals surface area contributed by atoms with Crippen LogP contribution in [0.25, 0.3) is 11.2 Å². The molecule has 0 aliphatic rings. The zero-order chi connectivity index (χ0) is 12.4. The lowest BCUT2D eigenvalue weighted by molar-refractivity contribution is -0.126. The fraction of sp³-hybridized carbons (Fsp3) is 0.333. The van der Waals surface area contributed by atoms with Crippen LogP contribution in [0.4, 0.5) is 5.82 Å². The number of primary amides is 1. The SMILES string of the molecule is NC(=O)C(O)CCn1cnc2c(N)ncnc21. The highest BCUT2D eigenvalue weighted by molar-refractivity contribution is 5.81. The Bertz CT molecular complexity index is 551. The molecule has 1 amide bonds. The first-order valence-electron chi connectivity index (χ1n) is 4.98. The van der Waals surface area contributed by atoms with Gasteiger partial charge >= 0.3 is 0 Å². The molecule has 2 aromatic heterocycles. The Labute approximate surface area is 96.3 Å². The highest BCUT2D eigenvalue weighted by atomic mass is 16.3. The number of aryl methyl sites for hydroxylation is 1. The van der Waals surface area contributed by atoms with E-state index in [4.69, 9.17) is 11.5 Å². The van der Waals surface area contributed by atoms with Gasteiger partial charge in [-0.3, -0.25) is 4.79 Å². The normalized spacial score (nSPS) is 12.8. The Morgan fingerprint density at radius 3 is 2.94 bits per heavy atom. The number of hydrogen-bond acceptors (Lipinski definition) is 6. The first-order valence-corrected chi connectivity index (χ1v) is 4.98. The van der Waals surface area contributed by atoms with Crippen LogP contribution in [0.1, 0.15) is 6.42 Å². The first kappa shape index (κ1) is 11.3. The minimum absolute atomic E-state index is 0.199. The molecule has 0 bridgehead atoms. The van der Waals surface area contributed by atoms with E-state index >= 15 is 0 Å². The monoisotopic (exact) mass is 236 g/mol. The lowest BCUT2D eigenvalue weighted by Crippen LogP contribution is -2.29. The van der Waals surface area contributed by atoms with Gasteiger partial charge in [0.1, 0.15) is 17.9 Å². The van der Waals surface area contributed by atoms with E-state index in [1.165, 1.54) is 12.7 Å². The van der Waals surface area contributed by atoms with Crippen molar-refractivity contribution in [3.8, 4) is 0 Å². The molecule has 0 saturated heterocycles. The van der Waals surface area contributed by atoms with Crippen LogP contribution in [-0.2, 0) is 11.3 Å². The molecule has 90 valence electrons. The van der Waals surface area contributed by atoms with Gasteiger partial charge in [-0.1, -0.05) is 0 Å². The summed E-state index contributed by atoms with van der Waals surface area (Å²) in [6.07, 6.45) is 1.89. The molecule has 8 nitrogen and oxygen atoms in total. The van der Waals surface area contributed by atoms with Crippen molar-refractivity contribution in [1.82, 2.24) is 19.5 Å². The number of amides is 1. The summed E-state index contributed by atoms with van der Waals surface area (Å²) >= 11 is 0. The van der Waals surface area contributed by atoms with Gasteiger partial charge in [0.2, 0.25) is 5.91 Å². The molecular formula is C9H12N6O2. The number of nitrogens with zero attached hydrogens (tertiary/aromatic N) is 4. The van der Waals surface area contributed by atoms with Crippen molar-refractivity contribution in [3.05, 3.63) is 12.7 Å². The van der Waals surface area contributed by atoms with Gasteiger partial charge in [0.25, 0.3) is 0 Å². The van der Waals surface area contributed by atoms with Gasteiger partial charge < -0.3 is 21.1 Å².